The van der Waals surface area contributed by atoms with Gasteiger partial charge in [-0.3, -0.25) is 19.1 Å². The molecule has 0 radical (unpaired) electrons. The van der Waals surface area contributed by atoms with Crippen molar-refractivity contribution in [3.05, 3.63) is 58.9 Å². The van der Waals surface area contributed by atoms with E-state index in [-0.39, 0.29) is 24.1 Å². The summed E-state index contributed by atoms with van der Waals surface area (Å²) >= 11 is 0. The zero-order valence-electron chi connectivity index (χ0n) is 18.1. The third-order valence-electron chi connectivity index (χ3n) is 6.32. The maximum atomic E-state index is 13.6. The van der Waals surface area contributed by atoms with Gasteiger partial charge in [-0.1, -0.05) is 30.3 Å². The van der Waals surface area contributed by atoms with E-state index >= 15 is 0 Å². The van der Waals surface area contributed by atoms with Crippen LogP contribution in [0, 0.1) is 0 Å². The molecular weight excluding hydrogens is 390 g/mol. The summed E-state index contributed by atoms with van der Waals surface area (Å²) in [7, 11) is 2.15. The topological polar surface area (TPSA) is 70.5 Å². The quantitative estimate of drug-likeness (QED) is 0.688. The maximum absolute atomic E-state index is 13.6. The fraction of sp³-hybridized carbons (Fsp3) is 0.375. The number of likely N-dealkylation sites (tertiary alicyclic amines) is 1. The number of nitrogens with zero attached hydrogens (tertiary/aromatic N) is 4. The van der Waals surface area contributed by atoms with Crippen LogP contribution in [0.25, 0.3) is 22.3 Å². The van der Waals surface area contributed by atoms with Gasteiger partial charge in [0.2, 0.25) is 5.91 Å². The number of rotatable bonds is 5. The Labute approximate surface area is 181 Å². The second-order valence-corrected chi connectivity index (χ2v) is 8.84. The highest BCUT2D eigenvalue weighted by atomic mass is 16.2. The Bertz CT molecular complexity index is 1200. The first-order chi connectivity index (χ1) is 14.9. The average Bonchev–Trinajstić information content (AvgIpc) is 2.74. The zero-order valence-corrected chi connectivity index (χ0v) is 18.1. The van der Waals surface area contributed by atoms with E-state index in [1.165, 1.54) is 4.57 Å². The number of carbonyl (C=O) groups is 1. The predicted molar refractivity (Wildman–Crippen MR) is 122 cm³/mol. The van der Waals surface area contributed by atoms with Gasteiger partial charge in [0.25, 0.3) is 5.56 Å². The van der Waals surface area contributed by atoms with E-state index in [4.69, 9.17) is 4.98 Å². The van der Waals surface area contributed by atoms with E-state index < -0.39 is 0 Å². The first-order valence-electron chi connectivity index (χ1n) is 10.8. The van der Waals surface area contributed by atoms with Crippen molar-refractivity contribution in [2.24, 2.45) is 0 Å². The summed E-state index contributed by atoms with van der Waals surface area (Å²) in [6.07, 6.45) is 0. The monoisotopic (exact) mass is 417 g/mol. The van der Waals surface area contributed by atoms with Gasteiger partial charge in [0.15, 0.2) is 0 Å². The molecule has 7 nitrogen and oxygen atoms in total. The van der Waals surface area contributed by atoms with Gasteiger partial charge < -0.3 is 10.2 Å². The van der Waals surface area contributed by atoms with Crippen molar-refractivity contribution in [2.45, 2.75) is 38.5 Å². The molecule has 2 atom stereocenters. The van der Waals surface area contributed by atoms with E-state index in [2.05, 4.69) is 22.2 Å². The van der Waals surface area contributed by atoms with E-state index in [0.717, 1.165) is 24.3 Å². The van der Waals surface area contributed by atoms with Gasteiger partial charge in [-0.25, -0.2) is 4.98 Å². The van der Waals surface area contributed by atoms with Crippen molar-refractivity contribution in [1.82, 2.24) is 19.8 Å². The van der Waals surface area contributed by atoms with Crippen molar-refractivity contribution in [1.29, 1.82) is 0 Å². The van der Waals surface area contributed by atoms with Crippen LogP contribution in [0.15, 0.2) is 53.3 Å². The Balaban J connectivity index is 1.59. The lowest BCUT2D eigenvalue weighted by molar-refractivity contribution is -0.122. The second-order valence-electron chi connectivity index (χ2n) is 8.84. The molecule has 3 heterocycles. The first-order valence-corrected chi connectivity index (χ1v) is 10.8. The molecule has 5 rings (SSSR count). The standard InChI is InChI=1S/C24H27N5O2/c1-15(2)25-22(30)14-29-23(16-7-5-4-6-8-16)26-19-10-9-17(11-18(19)24(29)31)28-13-20-21(28)12-27(20)3/h4-11,15,20-21H,12-14H2,1-3H3,(H,25,30)/t20-,21?/m1/s1. The Morgan fingerprint density at radius 3 is 2.55 bits per heavy atom. The molecule has 3 aromatic rings. The molecule has 2 fully saturated rings. The van der Waals surface area contributed by atoms with Crippen LogP contribution >= 0.6 is 0 Å². The molecule has 0 saturated carbocycles. The van der Waals surface area contributed by atoms with E-state index in [1.807, 2.05) is 62.4 Å². The molecule has 31 heavy (non-hydrogen) atoms. The second kappa shape index (κ2) is 7.50. The summed E-state index contributed by atoms with van der Waals surface area (Å²) in [5, 5.41) is 3.42. The van der Waals surface area contributed by atoms with E-state index in [1.54, 1.807) is 0 Å². The molecule has 7 heteroatoms. The molecule has 2 aliphatic rings. The van der Waals surface area contributed by atoms with Crippen LogP contribution in [0.2, 0.25) is 0 Å². The van der Waals surface area contributed by atoms with E-state index in [9.17, 15) is 9.59 Å². The van der Waals surface area contributed by atoms with Gasteiger partial charge >= 0.3 is 0 Å². The molecular formula is C24H27N5O2. The number of fused-ring (bicyclic) bond motifs is 2. The number of amides is 1. The van der Waals surface area contributed by atoms with Crippen LogP contribution in [-0.2, 0) is 11.3 Å². The summed E-state index contributed by atoms with van der Waals surface area (Å²) in [6, 6.07) is 16.6. The molecule has 0 aliphatic carbocycles. The van der Waals surface area contributed by atoms with Crippen LogP contribution in [0.4, 0.5) is 5.69 Å². The highest BCUT2D eigenvalue weighted by Gasteiger charge is 2.49. The predicted octanol–water partition coefficient (Wildman–Crippen LogP) is 2.09. The molecule has 1 N–H and O–H groups in total. The van der Waals surface area contributed by atoms with Gasteiger partial charge in [0.05, 0.1) is 16.9 Å². The third-order valence-corrected chi connectivity index (χ3v) is 6.32. The number of anilines is 1. The Morgan fingerprint density at radius 1 is 1.13 bits per heavy atom. The SMILES string of the molecule is CC(C)NC(=O)Cn1c(-c2ccccc2)nc2ccc(N3C[C@@H]4C3CN4C)cc2c1=O. The minimum Gasteiger partial charge on any atom is -0.364 e. The van der Waals surface area contributed by atoms with Gasteiger partial charge in [-0.05, 0) is 39.1 Å². The van der Waals surface area contributed by atoms with Crippen LogP contribution < -0.4 is 15.8 Å². The fourth-order valence-corrected chi connectivity index (χ4v) is 4.62. The molecule has 0 spiro atoms. The van der Waals surface area contributed by atoms with Gasteiger partial charge in [0, 0.05) is 36.4 Å². The largest absolute Gasteiger partial charge is 0.364 e. The van der Waals surface area contributed by atoms with E-state index in [0.29, 0.717) is 28.8 Å². The minimum atomic E-state index is -0.199. The van der Waals surface area contributed by atoms with Gasteiger partial charge in [-0.2, -0.15) is 0 Å². The van der Waals surface area contributed by atoms with Crippen LogP contribution in [0.5, 0.6) is 0 Å². The lowest BCUT2D eigenvalue weighted by Gasteiger charge is -2.62. The first kappa shape index (κ1) is 19.8. The summed E-state index contributed by atoms with van der Waals surface area (Å²) in [4.78, 5) is 35.6. The third kappa shape index (κ3) is 3.39. The molecule has 0 bridgehead atoms. The highest BCUT2D eigenvalue weighted by molar-refractivity contribution is 5.85. The minimum absolute atomic E-state index is 0.00312. The molecule has 2 aromatic carbocycles. The smallest absolute Gasteiger partial charge is 0.262 e. The molecule has 1 aromatic heterocycles. The lowest BCUT2D eigenvalue weighted by Crippen LogP contribution is -2.78. The number of carbonyl (C=O) groups excluding carboxylic acids is 1. The van der Waals surface area contributed by atoms with Crippen molar-refractivity contribution in [3.8, 4) is 11.4 Å². The average molecular weight is 418 g/mol. The number of aromatic nitrogens is 2. The number of piperazine rings is 1. The molecule has 1 unspecified atom stereocenters. The number of benzene rings is 2. The fourth-order valence-electron chi connectivity index (χ4n) is 4.62. The number of nitrogens with one attached hydrogen (secondary N) is 1. The molecule has 2 aliphatic heterocycles. The molecule has 1 amide bonds. The number of hydrogen-bond donors (Lipinski definition) is 1. The summed E-state index contributed by atoms with van der Waals surface area (Å²) in [6.45, 7) is 5.78. The Hall–Kier alpha value is -3.19. The van der Waals surface area contributed by atoms with Gasteiger partial charge in [0.1, 0.15) is 12.4 Å². The van der Waals surface area contributed by atoms with Crippen molar-refractivity contribution in [2.75, 3.05) is 25.0 Å². The van der Waals surface area contributed by atoms with Crippen LogP contribution in [0.3, 0.4) is 0 Å². The summed E-state index contributed by atoms with van der Waals surface area (Å²) < 4.78 is 1.50. The van der Waals surface area contributed by atoms with Crippen LogP contribution in [-0.4, -0.2) is 58.6 Å². The normalized spacial score (nSPS) is 20.3. The van der Waals surface area contributed by atoms with Crippen molar-refractivity contribution >= 4 is 22.5 Å². The Kier molecular flexibility index (Phi) is 4.78. The Morgan fingerprint density at radius 2 is 1.90 bits per heavy atom. The molecule has 2 saturated heterocycles. The summed E-state index contributed by atoms with van der Waals surface area (Å²) in [5.74, 6) is 0.309. The zero-order chi connectivity index (χ0) is 21.7. The van der Waals surface area contributed by atoms with Crippen molar-refractivity contribution in [3.63, 3.8) is 0 Å². The number of hydrogen-bond acceptors (Lipinski definition) is 5. The van der Waals surface area contributed by atoms with Crippen molar-refractivity contribution < 1.29 is 4.79 Å². The lowest BCUT2D eigenvalue weighted by atomic mass is 9.85. The highest BCUT2D eigenvalue weighted by Crippen LogP contribution is 2.36. The maximum Gasteiger partial charge on any atom is 0.262 e. The summed E-state index contributed by atoms with van der Waals surface area (Å²) in [5.41, 5.74) is 2.32. The molecule has 160 valence electrons. The van der Waals surface area contributed by atoms with Gasteiger partial charge in [-0.15, -0.1) is 0 Å². The van der Waals surface area contributed by atoms with Crippen LogP contribution in [0.1, 0.15) is 13.8 Å². The number of likely N-dealkylation sites (N-methyl/N-ethyl adjacent to an activating group) is 1.